The fourth-order valence-corrected chi connectivity index (χ4v) is 0.873. The second-order valence-electron chi connectivity index (χ2n) is 3.20. The van der Waals surface area contributed by atoms with Crippen LogP contribution in [0, 0.1) is 5.92 Å². The van der Waals surface area contributed by atoms with E-state index in [2.05, 4.69) is 18.8 Å². The third-order valence-corrected chi connectivity index (χ3v) is 1.48. The van der Waals surface area contributed by atoms with Gasteiger partial charge in [0.1, 0.15) is 0 Å². The van der Waals surface area contributed by atoms with Crippen molar-refractivity contribution in [3.05, 3.63) is 0 Å². The second-order valence-corrected chi connectivity index (χ2v) is 3.20. The molecule has 0 spiro atoms. The van der Waals surface area contributed by atoms with Crippen molar-refractivity contribution in [3.8, 4) is 0 Å². The summed E-state index contributed by atoms with van der Waals surface area (Å²) in [5.41, 5.74) is 10.3. The van der Waals surface area contributed by atoms with E-state index in [9.17, 15) is 0 Å². The molecule has 0 fully saturated rings. The summed E-state index contributed by atoms with van der Waals surface area (Å²) in [4.78, 5) is 3.89. The molecule has 0 aromatic rings. The lowest BCUT2D eigenvalue weighted by atomic mass is 10.1. The second kappa shape index (κ2) is 6.01. The third kappa shape index (κ3) is 9.27. The number of unbranched alkanes of at least 4 members (excludes halogenated alkanes) is 1. The number of nitrogens with two attached hydrogens (primary N) is 2. The monoisotopic (exact) mass is 157 g/mol. The van der Waals surface area contributed by atoms with Gasteiger partial charge in [0.05, 0.1) is 0 Å². The van der Waals surface area contributed by atoms with Crippen molar-refractivity contribution in [3.63, 3.8) is 0 Å². The zero-order valence-electron chi connectivity index (χ0n) is 7.51. The van der Waals surface area contributed by atoms with Gasteiger partial charge in [0.2, 0.25) is 0 Å². The molecule has 0 bridgehead atoms. The molecule has 0 unspecified atom stereocenters. The molecule has 0 aliphatic rings. The Labute approximate surface area is 68.9 Å². The summed E-state index contributed by atoms with van der Waals surface area (Å²) in [6.45, 7) is 5.22. The molecule has 0 aliphatic carbocycles. The summed E-state index contributed by atoms with van der Waals surface area (Å²) in [6, 6.07) is 0. The maximum Gasteiger partial charge on any atom is 0.185 e. The van der Waals surface area contributed by atoms with Gasteiger partial charge in [-0.2, -0.15) is 0 Å². The van der Waals surface area contributed by atoms with Gasteiger partial charge in [0.25, 0.3) is 0 Å². The normalized spacial score (nSPS) is 10.1. The molecule has 0 rings (SSSR count). The number of nitrogens with zero attached hydrogens (tertiary/aromatic N) is 1. The van der Waals surface area contributed by atoms with Crippen LogP contribution in [0.1, 0.15) is 33.1 Å². The fraction of sp³-hybridized carbons (Fsp3) is 0.875. The van der Waals surface area contributed by atoms with Crippen molar-refractivity contribution in [1.82, 2.24) is 0 Å². The van der Waals surface area contributed by atoms with Crippen LogP contribution in [0.25, 0.3) is 0 Å². The van der Waals surface area contributed by atoms with Crippen LogP contribution < -0.4 is 11.5 Å². The summed E-state index contributed by atoms with van der Waals surface area (Å²) in [6.07, 6.45) is 3.57. The molecule has 0 aromatic heterocycles. The van der Waals surface area contributed by atoms with E-state index in [4.69, 9.17) is 11.5 Å². The van der Waals surface area contributed by atoms with E-state index in [0.717, 1.165) is 18.9 Å². The molecular formula is C8H19N3. The van der Waals surface area contributed by atoms with Gasteiger partial charge in [-0.3, -0.25) is 4.99 Å². The van der Waals surface area contributed by atoms with Crippen molar-refractivity contribution >= 4 is 5.96 Å². The highest BCUT2D eigenvalue weighted by Crippen LogP contribution is 2.05. The number of guanidine groups is 1. The summed E-state index contributed by atoms with van der Waals surface area (Å²) in [5.74, 6) is 0.990. The Hall–Kier alpha value is -0.730. The Morgan fingerprint density at radius 2 is 1.91 bits per heavy atom. The Morgan fingerprint density at radius 1 is 1.27 bits per heavy atom. The minimum Gasteiger partial charge on any atom is -0.370 e. The molecule has 4 N–H and O–H groups in total. The predicted molar refractivity (Wildman–Crippen MR) is 49.4 cm³/mol. The molecule has 0 radical (unpaired) electrons. The summed E-state index contributed by atoms with van der Waals surface area (Å²) >= 11 is 0. The Balaban J connectivity index is 3.09. The minimum atomic E-state index is 0.203. The number of hydrogen-bond acceptors (Lipinski definition) is 1. The van der Waals surface area contributed by atoms with Crippen LogP contribution in [0.15, 0.2) is 4.99 Å². The lowest BCUT2D eigenvalue weighted by Gasteiger charge is -2.01. The van der Waals surface area contributed by atoms with E-state index in [0.29, 0.717) is 0 Å². The van der Waals surface area contributed by atoms with Gasteiger partial charge in [-0.1, -0.05) is 26.7 Å². The third-order valence-electron chi connectivity index (χ3n) is 1.48. The van der Waals surface area contributed by atoms with Crippen LogP contribution in [-0.4, -0.2) is 12.5 Å². The number of rotatable bonds is 5. The molecule has 0 amide bonds. The molecule has 3 heteroatoms. The van der Waals surface area contributed by atoms with Crippen LogP contribution in [-0.2, 0) is 0 Å². The van der Waals surface area contributed by atoms with E-state index in [1.165, 1.54) is 12.8 Å². The van der Waals surface area contributed by atoms with Crippen molar-refractivity contribution in [2.24, 2.45) is 22.4 Å². The van der Waals surface area contributed by atoms with Crippen molar-refractivity contribution in [2.75, 3.05) is 6.54 Å². The van der Waals surface area contributed by atoms with Crippen LogP contribution in [0.4, 0.5) is 0 Å². The molecule has 66 valence electrons. The SMILES string of the molecule is CC(C)CCCCN=C(N)N. The minimum absolute atomic E-state index is 0.203. The smallest absolute Gasteiger partial charge is 0.185 e. The van der Waals surface area contributed by atoms with Crippen molar-refractivity contribution < 1.29 is 0 Å². The maximum atomic E-state index is 5.16. The molecule has 0 heterocycles. The van der Waals surface area contributed by atoms with Gasteiger partial charge in [0.15, 0.2) is 5.96 Å². The summed E-state index contributed by atoms with van der Waals surface area (Å²) in [7, 11) is 0. The summed E-state index contributed by atoms with van der Waals surface area (Å²) in [5, 5.41) is 0. The first kappa shape index (κ1) is 10.3. The van der Waals surface area contributed by atoms with Gasteiger partial charge in [-0.25, -0.2) is 0 Å². The van der Waals surface area contributed by atoms with E-state index >= 15 is 0 Å². The average molecular weight is 157 g/mol. The molecule has 0 atom stereocenters. The Kier molecular flexibility index (Phi) is 5.61. The van der Waals surface area contributed by atoms with E-state index < -0.39 is 0 Å². The van der Waals surface area contributed by atoms with E-state index in [-0.39, 0.29) is 5.96 Å². The molecule has 0 saturated heterocycles. The highest BCUT2D eigenvalue weighted by Gasteiger charge is 1.92. The summed E-state index contributed by atoms with van der Waals surface area (Å²) < 4.78 is 0. The number of hydrogen-bond donors (Lipinski definition) is 2. The first-order chi connectivity index (χ1) is 5.13. The first-order valence-corrected chi connectivity index (χ1v) is 4.18. The fourth-order valence-electron chi connectivity index (χ4n) is 0.873. The lowest BCUT2D eigenvalue weighted by Crippen LogP contribution is -2.22. The maximum absolute atomic E-state index is 5.16. The topological polar surface area (TPSA) is 64.4 Å². The predicted octanol–water partition coefficient (Wildman–Crippen LogP) is 1.09. The molecule has 3 nitrogen and oxygen atoms in total. The van der Waals surface area contributed by atoms with Crippen molar-refractivity contribution in [1.29, 1.82) is 0 Å². The first-order valence-electron chi connectivity index (χ1n) is 4.18. The molecule has 0 aromatic carbocycles. The zero-order valence-corrected chi connectivity index (χ0v) is 7.51. The van der Waals surface area contributed by atoms with E-state index in [1.54, 1.807) is 0 Å². The molecule has 11 heavy (non-hydrogen) atoms. The highest BCUT2D eigenvalue weighted by atomic mass is 15.0. The largest absolute Gasteiger partial charge is 0.370 e. The van der Waals surface area contributed by atoms with Crippen LogP contribution >= 0.6 is 0 Å². The van der Waals surface area contributed by atoms with Crippen LogP contribution in [0.3, 0.4) is 0 Å². The van der Waals surface area contributed by atoms with Gasteiger partial charge < -0.3 is 11.5 Å². The van der Waals surface area contributed by atoms with Gasteiger partial charge >= 0.3 is 0 Å². The van der Waals surface area contributed by atoms with Crippen LogP contribution in [0.5, 0.6) is 0 Å². The Bertz CT molecular complexity index is 115. The highest BCUT2D eigenvalue weighted by molar-refractivity contribution is 5.75. The van der Waals surface area contributed by atoms with Crippen molar-refractivity contribution in [2.45, 2.75) is 33.1 Å². The quantitative estimate of drug-likeness (QED) is 0.356. The molecule has 0 aliphatic heterocycles. The molecular weight excluding hydrogens is 138 g/mol. The number of aliphatic imine (C=N–C) groups is 1. The van der Waals surface area contributed by atoms with Crippen LogP contribution in [0.2, 0.25) is 0 Å². The zero-order chi connectivity index (χ0) is 8.69. The molecule has 0 saturated carbocycles. The van der Waals surface area contributed by atoms with Gasteiger partial charge in [0, 0.05) is 6.54 Å². The van der Waals surface area contributed by atoms with E-state index in [1.807, 2.05) is 0 Å². The standard InChI is InChI=1S/C8H19N3/c1-7(2)5-3-4-6-11-8(9)10/h7H,3-6H2,1-2H3,(H4,9,10,11). The Morgan fingerprint density at radius 3 is 2.36 bits per heavy atom. The van der Waals surface area contributed by atoms with Gasteiger partial charge in [-0.05, 0) is 12.3 Å². The lowest BCUT2D eigenvalue weighted by molar-refractivity contribution is 0.541. The van der Waals surface area contributed by atoms with Gasteiger partial charge in [-0.15, -0.1) is 0 Å². The average Bonchev–Trinajstić information content (AvgIpc) is 1.85.